The molecule has 2 fully saturated rings. The van der Waals surface area contributed by atoms with Gasteiger partial charge < -0.3 is 25.4 Å². The number of nitrogens with two attached hydrogens (primary N) is 1. The van der Waals surface area contributed by atoms with Crippen LogP contribution in [0.15, 0.2) is 35.3 Å². The van der Waals surface area contributed by atoms with Crippen LogP contribution in [0.25, 0.3) is 0 Å². The number of guanidine groups is 1. The van der Waals surface area contributed by atoms with Gasteiger partial charge in [0.15, 0.2) is 5.96 Å². The number of hydrogen-bond acceptors (Lipinski definition) is 4. The predicted octanol–water partition coefficient (Wildman–Crippen LogP) is 3.07. The molecule has 1 aromatic carbocycles. The fourth-order valence-corrected chi connectivity index (χ4v) is 4.08. The van der Waals surface area contributed by atoms with Gasteiger partial charge in [-0.15, -0.1) is 0 Å². The first kappa shape index (κ1) is 21.4. The maximum atomic E-state index is 11.8. The highest BCUT2D eigenvalue weighted by Crippen LogP contribution is 2.27. The zero-order valence-electron chi connectivity index (χ0n) is 17.4. The van der Waals surface area contributed by atoms with E-state index in [1.165, 1.54) is 5.56 Å². The third-order valence-electron chi connectivity index (χ3n) is 5.75. The van der Waals surface area contributed by atoms with Crippen LogP contribution in [0.1, 0.15) is 50.6 Å². The minimum atomic E-state index is -0.235. The monoisotopic (exact) mass is 402 g/mol. The summed E-state index contributed by atoms with van der Waals surface area (Å²) in [7, 11) is 0. The summed E-state index contributed by atoms with van der Waals surface area (Å²) in [6.45, 7) is 5.23. The van der Waals surface area contributed by atoms with Crippen molar-refractivity contribution in [3.05, 3.63) is 35.9 Å². The second-order valence-corrected chi connectivity index (χ2v) is 7.83. The van der Waals surface area contributed by atoms with Gasteiger partial charge in [-0.1, -0.05) is 30.3 Å². The Morgan fingerprint density at radius 2 is 1.93 bits per heavy atom. The lowest BCUT2D eigenvalue weighted by atomic mass is 9.89. The molecule has 0 aliphatic carbocycles. The number of rotatable bonds is 6. The van der Waals surface area contributed by atoms with Crippen molar-refractivity contribution >= 4 is 12.1 Å². The summed E-state index contributed by atoms with van der Waals surface area (Å²) in [6, 6.07) is 10.7. The van der Waals surface area contributed by atoms with Gasteiger partial charge >= 0.3 is 6.09 Å². The Kier molecular flexibility index (Phi) is 8.16. The van der Waals surface area contributed by atoms with Crippen LogP contribution in [0.5, 0.6) is 0 Å². The zero-order valence-corrected chi connectivity index (χ0v) is 17.4. The standard InChI is InChI=1S/C22H34N4O3/c1-2-29-22(27)26-12-8-19(9-13-26)24-21(23)25-20(18-6-4-3-5-7-18)16-17-10-14-28-15-11-17/h3-7,17,19-20H,2,8-16H2,1H3,(H3,23,24,25). The molecule has 3 rings (SSSR count). The van der Waals surface area contributed by atoms with Crippen molar-refractivity contribution in [3.8, 4) is 0 Å². The molecule has 1 aromatic rings. The normalized spacial score (nSPS) is 20.3. The number of carbonyl (C=O) groups is 1. The number of carbonyl (C=O) groups excluding carboxylic acids is 1. The van der Waals surface area contributed by atoms with E-state index in [1.54, 1.807) is 4.90 Å². The summed E-state index contributed by atoms with van der Waals surface area (Å²) in [5, 5.41) is 3.46. The molecule has 160 valence electrons. The quantitative estimate of drug-likeness (QED) is 0.564. The molecule has 1 atom stereocenters. The fourth-order valence-electron chi connectivity index (χ4n) is 4.08. The van der Waals surface area contributed by atoms with E-state index in [0.717, 1.165) is 45.3 Å². The first-order valence-electron chi connectivity index (χ1n) is 10.8. The maximum absolute atomic E-state index is 11.8. The van der Waals surface area contributed by atoms with Gasteiger partial charge in [0.2, 0.25) is 0 Å². The van der Waals surface area contributed by atoms with Crippen molar-refractivity contribution in [2.75, 3.05) is 32.9 Å². The maximum Gasteiger partial charge on any atom is 0.409 e. The van der Waals surface area contributed by atoms with E-state index < -0.39 is 0 Å². The van der Waals surface area contributed by atoms with Crippen molar-refractivity contribution in [2.24, 2.45) is 16.6 Å². The van der Waals surface area contributed by atoms with E-state index in [1.807, 2.05) is 13.0 Å². The number of benzene rings is 1. The summed E-state index contributed by atoms with van der Waals surface area (Å²) >= 11 is 0. The summed E-state index contributed by atoms with van der Waals surface area (Å²) in [5.41, 5.74) is 7.53. The minimum Gasteiger partial charge on any atom is -0.450 e. The Bertz CT molecular complexity index is 653. The van der Waals surface area contributed by atoms with Crippen LogP contribution in [0.2, 0.25) is 0 Å². The topological polar surface area (TPSA) is 89.2 Å². The zero-order chi connectivity index (χ0) is 20.5. The minimum absolute atomic E-state index is 0.132. The van der Waals surface area contributed by atoms with E-state index in [9.17, 15) is 4.79 Å². The molecule has 1 unspecified atom stereocenters. The molecule has 7 heteroatoms. The second-order valence-electron chi connectivity index (χ2n) is 7.83. The Balaban J connectivity index is 1.57. The van der Waals surface area contributed by atoms with Crippen LogP contribution in [0.4, 0.5) is 4.79 Å². The molecule has 2 aliphatic rings. The van der Waals surface area contributed by atoms with E-state index in [-0.39, 0.29) is 18.2 Å². The van der Waals surface area contributed by atoms with Gasteiger partial charge in [0, 0.05) is 26.3 Å². The molecule has 0 aromatic heterocycles. The summed E-state index contributed by atoms with van der Waals surface area (Å²) in [6.07, 6.45) is 4.57. The molecule has 2 saturated heterocycles. The number of aliphatic imine (C=N–C) groups is 1. The molecule has 0 spiro atoms. The lowest BCUT2D eigenvalue weighted by molar-refractivity contribution is 0.0612. The number of piperidine rings is 1. The van der Waals surface area contributed by atoms with Gasteiger partial charge in [-0.05, 0) is 50.5 Å². The highest BCUT2D eigenvalue weighted by molar-refractivity contribution is 5.78. The first-order valence-corrected chi connectivity index (χ1v) is 10.8. The van der Waals surface area contributed by atoms with E-state index in [0.29, 0.717) is 31.6 Å². The Morgan fingerprint density at radius 1 is 1.24 bits per heavy atom. The van der Waals surface area contributed by atoms with Gasteiger partial charge in [0.25, 0.3) is 0 Å². The van der Waals surface area contributed by atoms with Crippen LogP contribution in [-0.4, -0.2) is 55.9 Å². The number of nitrogens with one attached hydrogen (secondary N) is 1. The van der Waals surface area contributed by atoms with Gasteiger partial charge in [-0.25, -0.2) is 9.79 Å². The lowest BCUT2D eigenvalue weighted by Gasteiger charge is -2.30. The van der Waals surface area contributed by atoms with Crippen molar-refractivity contribution in [3.63, 3.8) is 0 Å². The summed E-state index contributed by atoms with van der Waals surface area (Å²) in [5.74, 6) is 1.11. The van der Waals surface area contributed by atoms with Crippen molar-refractivity contribution in [2.45, 2.75) is 51.1 Å². The molecule has 0 radical (unpaired) electrons. The average molecular weight is 403 g/mol. The van der Waals surface area contributed by atoms with Gasteiger partial charge in [-0.3, -0.25) is 0 Å². The number of likely N-dealkylation sites (tertiary alicyclic amines) is 1. The van der Waals surface area contributed by atoms with Crippen LogP contribution in [0, 0.1) is 5.92 Å². The second kappa shape index (κ2) is 11.0. The van der Waals surface area contributed by atoms with Crippen LogP contribution < -0.4 is 11.1 Å². The van der Waals surface area contributed by atoms with Crippen LogP contribution in [0.3, 0.4) is 0 Å². The molecule has 0 bridgehead atoms. The third-order valence-corrected chi connectivity index (χ3v) is 5.75. The van der Waals surface area contributed by atoms with Gasteiger partial charge in [0.1, 0.15) is 0 Å². The van der Waals surface area contributed by atoms with Crippen molar-refractivity contribution < 1.29 is 14.3 Å². The van der Waals surface area contributed by atoms with E-state index >= 15 is 0 Å². The first-order chi connectivity index (χ1) is 14.2. The van der Waals surface area contributed by atoms with E-state index in [4.69, 9.17) is 20.2 Å². The molecule has 29 heavy (non-hydrogen) atoms. The molecular weight excluding hydrogens is 368 g/mol. The van der Waals surface area contributed by atoms with Gasteiger partial charge in [0.05, 0.1) is 18.7 Å². The predicted molar refractivity (Wildman–Crippen MR) is 114 cm³/mol. The molecule has 3 N–H and O–H groups in total. The van der Waals surface area contributed by atoms with E-state index in [2.05, 4.69) is 29.6 Å². The SMILES string of the molecule is CCOC(=O)N1CCC(N=C(N)NC(CC2CCOCC2)c2ccccc2)CC1. The Morgan fingerprint density at radius 3 is 2.59 bits per heavy atom. The van der Waals surface area contributed by atoms with Crippen molar-refractivity contribution in [1.29, 1.82) is 0 Å². The number of hydrogen-bond donors (Lipinski definition) is 2. The Labute approximate surface area is 173 Å². The fraction of sp³-hybridized carbons (Fsp3) is 0.636. The lowest BCUT2D eigenvalue weighted by Crippen LogP contribution is -2.42. The largest absolute Gasteiger partial charge is 0.450 e. The Hall–Kier alpha value is -2.28. The number of nitrogens with zero attached hydrogens (tertiary/aromatic N) is 2. The average Bonchev–Trinajstić information content (AvgIpc) is 2.75. The molecule has 0 saturated carbocycles. The highest BCUT2D eigenvalue weighted by Gasteiger charge is 2.24. The molecular formula is C22H34N4O3. The molecule has 2 heterocycles. The van der Waals surface area contributed by atoms with Crippen LogP contribution in [-0.2, 0) is 9.47 Å². The summed E-state index contributed by atoms with van der Waals surface area (Å²) < 4.78 is 10.6. The molecule has 1 amide bonds. The third kappa shape index (κ3) is 6.63. The number of ether oxygens (including phenoxy) is 2. The molecule has 2 aliphatic heterocycles. The van der Waals surface area contributed by atoms with Gasteiger partial charge in [-0.2, -0.15) is 0 Å². The number of amides is 1. The summed E-state index contributed by atoms with van der Waals surface area (Å²) in [4.78, 5) is 18.3. The van der Waals surface area contributed by atoms with Crippen molar-refractivity contribution in [1.82, 2.24) is 10.2 Å². The van der Waals surface area contributed by atoms with Crippen LogP contribution >= 0.6 is 0 Å². The molecule has 7 nitrogen and oxygen atoms in total. The smallest absolute Gasteiger partial charge is 0.409 e. The highest BCUT2D eigenvalue weighted by atomic mass is 16.6.